The van der Waals surface area contributed by atoms with Crippen LogP contribution in [0.2, 0.25) is 0 Å². The van der Waals surface area contributed by atoms with Gasteiger partial charge < -0.3 is 9.80 Å². The molecule has 0 saturated carbocycles. The summed E-state index contributed by atoms with van der Waals surface area (Å²) in [7, 11) is 1.37. The third kappa shape index (κ3) is 6.66. The summed E-state index contributed by atoms with van der Waals surface area (Å²) in [6, 6.07) is 0. The zero-order chi connectivity index (χ0) is 17.1. The predicted octanol–water partition coefficient (Wildman–Crippen LogP) is 2.33. The Morgan fingerprint density at radius 3 is 2.45 bits per heavy atom. The molecule has 2 amide bonds. The Morgan fingerprint density at radius 2 is 1.95 bits per heavy atom. The van der Waals surface area contributed by atoms with Crippen molar-refractivity contribution in [3.05, 3.63) is 48.7 Å². The summed E-state index contributed by atoms with van der Waals surface area (Å²) in [4.78, 5) is 25.0. The molecule has 0 radical (unpaired) electrons. The minimum absolute atomic E-state index is 0.00424. The Morgan fingerprint density at radius 1 is 1.32 bits per heavy atom. The topological polar surface area (TPSA) is 40.6 Å². The summed E-state index contributed by atoms with van der Waals surface area (Å²) in [5.74, 6) is -1.61. The van der Waals surface area contributed by atoms with Gasteiger partial charge in [-0.2, -0.15) is 0 Å². The zero-order valence-corrected chi connectivity index (χ0v) is 12.6. The molecule has 0 aliphatic heterocycles. The molecule has 4 nitrogen and oxygen atoms in total. The minimum Gasteiger partial charge on any atom is -0.329 e. The maximum absolute atomic E-state index is 13.5. The van der Waals surface area contributed by atoms with E-state index in [-0.39, 0.29) is 13.1 Å². The van der Waals surface area contributed by atoms with Gasteiger partial charge in [-0.3, -0.25) is 9.59 Å². The Balaban J connectivity index is 4.74. The zero-order valence-electron chi connectivity index (χ0n) is 12.6. The molecule has 0 rings (SSSR count). The van der Waals surface area contributed by atoms with Crippen LogP contribution in [0.3, 0.4) is 0 Å². The Bertz CT molecular complexity index is 557. The molecule has 0 N–H and O–H groups in total. The summed E-state index contributed by atoms with van der Waals surface area (Å²) in [5, 5.41) is 0. The predicted molar refractivity (Wildman–Crippen MR) is 81.6 cm³/mol. The molecule has 0 bridgehead atoms. The molecule has 22 heavy (non-hydrogen) atoms. The quantitative estimate of drug-likeness (QED) is 0.411. The lowest BCUT2D eigenvalue weighted by molar-refractivity contribution is -0.127. The Kier molecular flexibility index (Phi) is 8.87. The summed E-state index contributed by atoms with van der Waals surface area (Å²) in [6.45, 7) is 4.57. The van der Waals surface area contributed by atoms with E-state index in [4.69, 9.17) is 6.42 Å². The fraction of sp³-hybridized carbons (Fsp3) is 0.250. The van der Waals surface area contributed by atoms with Crippen LogP contribution in [0.4, 0.5) is 8.78 Å². The fourth-order valence-electron chi connectivity index (χ4n) is 1.34. The maximum Gasteiger partial charge on any atom is 0.286 e. The molecule has 0 aliphatic rings. The third-order valence-corrected chi connectivity index (χ3v) is 2.38. The second-order valence-electron chi connectivity index (χ2n) is 4.15. The van der Waals surface area contributed by atoms with E-state index in [1.807, 2.05) is 0 Å². The highest BCUT2D eigenvalue weighted by Gasteiger charge is 2.13. The maximum atomic E-state index is 13.5. The number of carbonyl (C=O) groups is 2. The monoisotopic (exact) mass is 308 g/mol. The van der Waals surface area contributed by atoms with Crippen molar-refractivity contribution in [3.63, 3.8) is 0 Å². The van der Waals surface area contributed by atoms with Gasteiger partial charge in [-0.1, -0.05) is 30.7 Å². The van der Waals surface area contributed by atoms with Gasteiger partial charge >= 0.3 is 0 Å². The molecule has 0 aromatic carbocycles. The number of carbonyl (C=O) groups excluding carboxylic acids is 2. The van der Waals surface area contributed by atoms with Gasteiger partial charge in [-0.15, -0.1) is 6.42 Å². The molecule has 6 heteroatoms. The number of hydrogen-bond donors (Lipinski definition) is 0. The van der Waals surface area contributed by atoms with E-state index < -0.39 is 23.5 Å². The number of hydrogen-bond acceptors (Lipinski definition) is 2. The highest BCUT2D eigenvalue weighted by atomic mass is 19.1. The van der Waals surface area contributed by atoms with Crippen LogP contribution in [-0.2, 0) is 9.59 Å². The van der Waals surface area contributed by atoms with Crippen molar-refractivity contribution < 1.29 is 18.4 Å². The first-order chi connectivity index (χ1) is 10.3. The normalized spacial score (nSPS) is 11.5. The van der Waals surface area contributed by atoms with E-state index in [9.17, 15) is 18.4 Å². The number of rotatable bonds is 7. The van der Waals surface area contributed by atoms with E-state index in [2.05, 4.69) is 12.5 Å². The molecule has 0 aliphatic carbocycles. The molecule has 0 heterocycles. The average molecular weight is 308 g/mol. The van der Waals surface area contributed by atoms with Gasteiger partial charge in [0.15, 0.2) is 11.7 Å². The van der Waals surface area contributed by atoms with E-state index in [0.29, 0.717) is 0 Å². The van der Waals surface area contributed by atoms with Gasteiger partial charge in [0.2, 0.25) is 0 Å². The highest BCUT2D eigenvalue weighted by molar-refractivity contribution is 5.92. The van der Waals surface area contributed by atoms with Crippen molar-refractivity contribution >= 4 is 11.8 Å². The molecular weight excluding hydrogens is 290 g/mol. The van der Waals surface area contributed by atoms with Gasteiger partial charge in [0, 0.05) is 19.8 Å². The van der Waals surface area contributed by atoms with Crippen LogP contribution in [0.25, 0.3) is 0 Å². The molecule has 118 valence electrons. The first kappa shape index (κ1) is 19.3. The van der Waals surface area contributed by atoms with Crippen LogP contribution in [0.5, 0.6) is 0 Å². The van der Waals surface area contributed by atoms with Crippen molar-refractivity contribution in [2.75, 3.05) is 20.1 Å². The number of terminal acetylenes is 1. The Labute approximate surface area is 129 Å². The van der Waals surface area contributed by atoms with Crippen molar-refractivity contribution in [1.82, 2.24) is 9.80 Å². The SMILES string of the molecule is C#CCN(C)C(=O)/C(F)=C/C=C/CN(/C=C/C)C(=O)C(=C)F. The second-order valence-corrected chi connectivity index (χ2v) is 4.15. The van der Waals surface area contributed by atoms with Crippen LogP contribution in [0.15, 0.2) is 48.7 Å². The number of amides is 2. The summed E-state index contributed by atoms with van der Waals surface area (Å²) in [6.07, 6.45) is 11.5. The number of halogens is 2. The van der Waals surface area contributed by atoms with Crippen molar-refractivity contribution in [2.45, 2.75) is 6.92 Å². The minimum atomic E-state index is -1.10. The molecule has 0 aromatic rings. The molecule has 0 atom stereocenters. The van der Waals surface area contributed by atoms with Crippen molar-refractivity contribution in [3.8, 4) is 12.3 Å². The van der Waals surface area contributed by atoms with Crippen LogP contribution in [-0.4, -0.2) is 41.8 Å². The summed E-state index contributed by atoms with van der Waals surface area (Å²) >= 11 is 0. The van der Waals surface area contributed by atoms with E-state index in [0.717, 1.165) is 15.9 Å². The standard InChI is InChI=1S/C16H18F2N2O2/c1-5-10-19(4)16(22)14(18)9-7-8-12-20(11-6-2)15(21)13(3)17/h1,6-9,11H,3,10,12H2,2,4H3/b8-7+,11-6+,14-9-. The molecular formula is C16H18F2N2O2. The highest BCUT2D eigenvalue weighted by Crippen LogP contribution is 2.04. The first-order valence-corrected chi connectivity index (χ1v) is 6.34. The fourth-order valence-corrected chi connectivity index (χ4v) is 1.34. The summed E-state index contributed by atoms with van der Waals surface area (Å²) < 4.78 is 26.3. The lowest BCUT2D eigenvalue weighted by Gasteiger charge is -2.14. The average Bonchev–Trinajstić information content (AvgIpc) is 2.48. The second kappa shape index (κ2) is 10.1. The van der Waals surface area contributed by atoms with Gasteiger partial charge in [0.25, 0.3) is 11.8 Å². The van der Waals surface area contributed by atoms with Crippen molar-refractivity contribution in [1.29, 1.82) is 0 Å². The Hall–Kier alpha value is -2.68. The van der Waals surface area contributed by atoms with Gasteiger partial charge in [-0.25, -0.2) is 8.78 Å². The van der Waals surface area contributed by atoms with Gasteiger partial charge in [0.1, 0.15) is 0 Å². The van der Waals surface area contributed by atoms with Crippen LogP contribution in [0, 0.1) is 12.3 Å². The lowest BCUT2D eigenvalue weighted by Crippen LogP contribution is -2.27. The lowest BCUT2D eigenvalue weighted by atomic mass is 10.3. The number of allylic oxidation sites excluding steroid dienone is 3. The van der Waals surface area contributed by atoms with E-state index >= 15 is 0 Å². The molecule has 0 unspecified atom stereocenters. The van der Waals surface area contributed by atoms with Crippen molar-refractivity contribution in [2.24, 2.45) is 0 Å². The van der Waals surface area contributed by atoms with E-state index in [1.54, 1.807) is 13.0 Å². The molecule has 0 spiro atoms. The molecule has 0 aromatic heterocycles. The largest absolute Gasteiger partial charge is 0.329 e. The van der Waals surface area contributed by atoms with Gasteiger partial charge in [0.05, 0.1) is 6.54 Å². The molecule has 0 saturated heterocycles. The number of nitrogens with zero attached hydrogens (tertiary/aromatic N) is 2. The van der Waals surface area contributed by atoms with Crippen LogP contribution < -0.4 is 0 Å². The van der Waals surface area contributed by atoms with E-state index in [1.165, 1.54) is 25.4 Å². The third-order valence-electron chi connectivity index (χ3n) is 2.38. The van der Waals surface area contributed by atoms with Crippen LogP contribution >= 0.6 is 0 Å². The molecule has 0 fully saturated rings. The number of likely N-dealkylation sites (N-methyl/N-ethyl adjacent to an activating group) is 1. The van der Waals surface area contributed by atoms with Gasteiger partial charge in [-0.05, 0) is 13.0 Å². The van der Waals surface area contributed by atoms with Crippen LogP contribution in [0.1, 0.15) is 6.92 Å². The smallest absolute Gasteiger partial charge is 0.286 e. The summed E-state index contributed by atoms with van der Waals surface area (Å²) in [5.41, 5.74) is 0. The first-order valence-electron chi connectivity index (χ1n) is 6.34.